The number of aliphatic hydroxyl groups is 3. The molecule has 4 aliphatic heterocycles. The minimum atomic E-state index is -3.64. The van der Waals surface area contributed by atoms with Gasteiger partial charge in [0.15, 0.2) is 17.3 Å². The SMILES string of the molecule is CC[C@H](C)[C@@H]1NC(=O)CNC(=O)C2CC(=O)[C@H]([C@@H](C)[C@@H](O)CO)NC(=O)[C@@H]3CC(O)CN3C3(CCCCCCNC(=O)NCCCCCCOc4ccc(-c5nnc(S(C)(=O)=O)o5)cc4)Oc4ccc5c(c([nH]c5c4)[S@](=O)CC(NC(=O)CNC1=O)C(=O)C[C@@H](CC(N)=O)C3=O)C2. The molecule has 8 bridgehead atoms. The Kier molecular flexibility index (Phi) is 26.0. The molecular formula is C64H88N12O19S2. The first-order valence-electron chi connectivity index (χ1n) is 32.8. The number of sulfone groups is 1. The third-order valence-corrected chi connectivity index (χ3v) is 20.4. The van der Waals surface area contributed by atoms with Crippen molar-refractivity contribution in [2.45, 2.75) is 169 Å². The van der Waals surface area contributed by atoms with Crippen molar-refractivity contribution >= 4 is 90.4 Å². The normalized spacial score (nSPS) is 25.1. The van der Waals surface area contributed by atoms with Gasteiger partial charge in [-0.15, -0.1) is 5.10 Å². The van der Waals surface area contributed by atoms with Crippen LogP contribution in [0.2, 0.25) is 0 Å². The number of nitrogens with one attached hydrogen (secondary N) is 8. The number of aromatic nitrogens is 3. The Hall–Kier alpha value is -8.24. The molecule has 0 spiro atoms. The van der Waals surface area contributed by atoms with Gasteiger partial charge in [0, 0.05) is 86.3 Å². The van der Waals surface area contributed by atoms with Gasteiger partial charge >= 0.3 is 11.3 Å². The second-order valence-electron chi connectivity index (χ2n) is 25.4. The summed E-state index contributed by atoms with van der Waals surface area (Å²) in [4.78, 5) is 148. The number of nitrogens with zero attached hydrogens (tertiary/aromatic N) is 3. The van der Waals surface area contributed by atoms with Crippen LogP contribution in [0.4, 0.5) is 4.79 Å². The summed E-state index contributed by atoms with van der Waals surface area (Å²) < 4.78 is 56.6. The van der Waals surface area contributed by atoms with E-state index in [4.69, 9.17) is 19.6 Å². The average Bonchev–Trinajstić information content (AvgIpc) is 1.70. The van der Waals surface area contributed by atoms with E-state index >= 15 is 23.4 Å². The van der Waals surface area contributed by atoms with E-state index in [1.54, 1.807) is 44.2 Å². The number of aliphatic hydroxyl groups excluding tert-OH is 3. The van der Waals surface area contributed by atoms with Crippen LogP contribution in [-0.2, 0) is 70.2 Å². The van der Waals surface area contributed by atoms with Crippen LogP contribution in [0.1, 0.15) is 116 Å². The topological polar surface area (TPSA) is 469 Å². The molecule has 2 aromatic heterocycles. The summed E-state index contributed by atoms with van der Waals surface area (Å²) >= 11 is 0. The van der Waals surface area contributed by atoms with Gasteiger partial charge in [-0.2, -0.15) is 0 Å². The smallest absolute Gasteiger partial charge is 0.335 e. The molecule has 6 heterocycles. The number of nitrogens with two attached hydrogens (primary N) is 1. The molecule has 0 aliphatic carbocycles. The molecular weight excluding hydrogens is 1300 g/mol. The molecule has 31 nitrogen and oxygen atoms in total. The number of hydrogen-bond acceptors (Lipinski definition) is 22. The van der Waals surface area contributed by atoms with Gasteiger partial charge in [0.2, 0.25) is 56.9 Å². The first-order valence-corrected chi connectivity index (χ1v) is 36.0. The van der Waals surface area contributed by atoms with Gasteiger partial charge in [0.05, 0.1) is 78.7 Å². The summed E-state index contributed by atoms with van der Waals surface area (Å²) in [5.74, 6) is -13.1. The Morgan fingerprint density at radius 2 is 1.51 bits per heavy atom. The van der Waals surface area contributed by atoms with Crippen LogP contribution in [0.5, 0.6) is 11.5 Å². The minimum absolute atomic E-state index is 0.0254. The Balaban J connectivity index is 1.05. The maximum Gasteiger partial charge on any atom is 0.335 e. The number of carbonyl (C=O) groups excluding carboxylic acids is 10. The van der Waals surface area contributed by atoms with Crippen molar-refractivity contribution < 1.29 is 89.8 Å². The Labute approximate surface area is 562 Å². The number of amides is 8. The average molecular weight is 1390 g/mol. The summed E-state index contributed by atoms with van der Waals surface area (Å²) in [7, 11) is -5.97. The van der Waals surface area contributed by atoms with E-state index in [9.17, 15) is 52.5 Å². The van der Waals surface area contributed by atoms with Gasteiger partial charge in [-0.1, -0.05) is 58.0 Å². The number of hydrogen-bond donors (Lipinski definition) is 12. The van der Waals surface area contributed by atoms with Crippen molar-refractivity contribution in [3.8, 4) is 23.0 Å². The fourth-order valence-corrected chi connectivity index (χ4v) is 14.4. The Bertz CT molecular complexity index is 3680. The molecule has 12 atom stereocenters. The van der Waals surface area contributed by atoms with Crippen LogP contribution >= 0.6 is 0 Å². The predicted molar refractivity (Wildman–Crippen MR) is 348 cm³/mol. The van der Waals surface area contributed by atoms with Gasteiger partial charge in [-0.25, -0.2) is 18.1 Å². The van der Waals surface area contributed by atoms with E-state index in [-0.39, 0.29) is 59.6 Å². The molecule has 8 amide bonds. The summed E-state index contributed by atoms with van der Waals surface area (Å²) in [6.07, 6.45) is -0.588. The van der Waals surface area contributed by atoms with Crippen LogP contribution in [-0.4, -0.2) is 207 Å². The van der Waals surface area contributed by atoms with E-state index in [2.05, 4.69) is 52.4 Å². The van der Waals surface area contributed by atoms with Crippen LogP contribution in [0.3, 0.4) is 0 Å². The molecule has 2 aromatic carbocycles. The highest BCUT2D eigenvalue weighted by atomic mass is 32.2. The molecule has 33 heteroatoms. The van der Waals surface area contributed by atoms with Gasteiger partial charge in [-0.05, 0) is 86.4 Å². The number of ketones is 3. The number of ether oxygens (including phenoxy) is 2. The number of benzene rings is 2. The van der Waals surface area contributed by atoms with Crippen LogP contribution in [0.15, 0.2) is 57.1 Å². The first kappa shape index (κ1) is 74.5. The molecule has 1 saturated heterocycles. The van der Waals surface area contributed by atoms with Crippen molar-refractivity contribution in [2.24, 2.45) is 29.4 Å². The first-order chi connectivity index (χ1) is 46.2. The van der Waals surface area contributed by atoms with Gasteiger partial charge < -0.3 is 77.1 Å². The number of H-pyrrole nitrogens is 1. The van der Waals surface area contributed by atoms with Gasteiger partial charge in [-0.3, -0.25) is 47.4 Å². The van der Waals surface area contributed by atoms with E-state index in [0.29, 0.717) is 62.0 Å². The van der Waals surface area contributed by atoms with Crippen LogP contribution in [0.25, 0.3) is 22.4 Å². The van der Waals surface area contributed by atoms with E-state index in [0.717, 1.165) is 25.5 Å². The number of primary amides is 1. The fraction of sp³-hybridized carbons (Fsp3) is 0.594. The van der Waals surface area contributed by atoms with Crippen molar-refractivity contribution in [2.75, 3.05) is 57.9 Å². The zero-order chi connectivity index (χ0) is 70.3. The molecule has 530 valence electrons. The molecule has 4 aliphatic rings. The van der Waals surface area contributed by atoms with Crippen molar-refractivity contribution in [3.63, 3.8) is 0 Å². The highest BCUT2D eigenvalue weighted by molar-refractivity contribution is 7.90. The monoisotopic (exact) mass is 1390 g/mol. The largest absolute Gasteiger partial charge is 0.494 e. The van der Waals surface area contributed by atoms with Crippen LogP contribution in [0, 0.1) is 23.7 Å². The molecule has 1 fully saturated rings. The third kappa shape index (κ3) is 19.3. The summed E-state index contributed by atoms with van der Waals surface area (Å²) in [6, 6.07) is 4.72. The number of carbonyl (C=O) groups is 10. The molecule has 4 aromatic rings. The Morgan fingerprint density at radius 3 is 2.16 bits per heavy atom. The lowest BCUT2D eigenvalue weighted by Gasteiger charge is -2.45. The molecule has 97 heavy (non-hydrogen) atoms. The molecule has 0 radical (unpaired) electrons. The summed E-state index contributed by atoms with van der Waals surface area (Å²) in [5.41, 5.74) is 4.44. The summed E-state index contributed by atoms with van der Waals surface area (Å²) in [6.45, 7) is 3.12. The second kappa shape index (κ2) is 33.8. The number of aromatic amines is 1. The lowest BCUT2D eigenvalue weighted by Crippen LogP contribution is -2.65. The van der Waals surface area contributed by atoms with Crippen molar-refractivity contribution in [1.82, 2.24) is 57.3 Å². The maximum absolute atomic E-state index is 16.2. The zero-order valence-corrected chi connectivity index (χ0v) is 56.3. The van der Waals surface area contributed by atoms with Crippen molar-refractivity contribution in [3.05, 3.63) is 48.0 Å². The lowest BCUT2D eigenvalue weighted by atomic mass is 9.82. The number of Topliss-reactive ketones (excluding diaryl/α,β-unsaturated/α-hetero) is 3. The highest BCUT2D eigenvalue weighted by Crippen LogP contribution is 2.41. The zero-order valence-electron chi connectivity index (χ0n) is 54.7. The number of unbranched alkanes of at least 4 members (excludes halogenated alkanes) is 6. The third-order valence-electron chi connectivity index (χ3n) is 18.2. The fourth-order valence-electron chi connectivity index (χ4n) is 12.6. The number of fused-ring (bicyclic) bond motifs is 7. The quantitative estimate of drug-likeness (QED) is 0.0412. The van der Waals surface area contributed by atoms with Crippen molar-refractivity contribution in [1.29, 1.82) is 0 Å². The Morgan fingerprint density at radius 1 is 0.835 bits per heavy atom. The molecule has 8 rings (SSSR count). The lowest BCUT2D eigenvalue weighted by molar-refractivity contribution is -0.168. The van der Waals surface area contributed by atoms with E-state index < -0.39 is 202 Å². The van der Waals surface area contributed by atoms with E-state index in [1.165, 1.54) is 24.0 Å². The van der Waals surface area contributed by atoms with E-state index in [1.807, 2.05) is 0 Å². The highest BCUT2D eigenvalue weighted by Gasteiger charge is 2.57. The standard InChI is InChI=1S/C64H88N12O19S2/c1-5-35(2)54-59(88)69-30-52(83)70-46-34-96(90)61-44-24-39(57(86)68-31-53(84)72-54)26-49(80)55(36(3)50(81)33-77)73-58(87)47-28-40(78)32-76(47)64(56(85)38(25-48(46)79)27-51(65)82,95-42-18-19-43(44)45(29-42)71-61)20-10-6-7-11-21-66-62(89)67-22-12-8-9-13-23-93-41-16-14-37(15-17-41)60-74-75-63(94-60)97(4,91)92/h14-19,29,35-36,38-40,46-47,50,54-55,71,77-78,81H,5-13,20-28,30-34H2,1-4H3,(H2,65,82)(H,68,86)(H,69,88)(H,70,83)(H,72,84)(H,73,87)(H2,66,67,89)/t35-,36-,38-,39?,40?,46?,47-,50-,54-,55-,64?,96+/m0/s1. The number of rotatable bonds is 24. The maximum atomic E-state index is 16.2. The van der Waals surface area contributed by atoms with Crippen LogP contribution < -0.4 is 52.4 Å². The molecule has 13 N–H and O–H groups in total. The minimum Gasteiger partial charge on any atom is -0.494 e. The van der Waals surface area contributed by atoms with Gasteiger partial charge in [0.25, 0.3) is 0 Å². The predicted octanol–water partition coefficient (Wildman–Crippen LogP) is 0.0292. The van der Waals surface area contributed by atoms with Gasteiger partial charge in [0.1, 0.15) is 22.6 Å². The second-order valence-corrected chi connectivity index (χ2v) is 28.8. The summed E-state index contributed by atoms with van der Waals surface area (Å²) in [5, 5.41) is 58.9. The number of urea groups is 1. The molecule has 0 saturated carbocycles. The molecule has 4 unspecified atom stereocenters.